The number of carboxylic acids is 1. The molecule has 1 saturated heterocycles. The van der Waals surface area contributed by atoms with E-state index in [0.29, 0.717) is 11.3 Å². The minimum Gasteiger partial charge on any atom is -0.543 e. The summed E-state index contributed by atoms with van der Waals surface area (Å²) in [5, 5.41) is 20.8. The molecule has 3 aromatic heterocycles. The van der Waals surface area contributed by atoms with Crippen LogP contribution < -0.4 is 20.6 Å². The van der Waals surface area contributed by atoms with E-state index in [0.717, 1.165) is 22.0 Å². The molecule has 2 aliphatic rings. The van der Waals surface area contributed by atoms with Crippen LogP contribution in [0.15, 0.2) is 57.4 Å². The average Bonchev–Trinajstić information content (AvgIpc) is 3.51. The average molecular weight is 560 g/mol. The molecule has 0 aliphatic carbocycles. The standard InChI is InChI=1S/C22H21N7O5S3/c1-34-26-15(12-10-37-22(23)24-12)18(30)25-16-19(31)29-17(21(32)33)11(9-36-20(16)29)8-27-6-7-28-13(27)4-3-5-14(28)35-2/h3-7,10,16,20H,8-9H2,1-2H3,(H3-,23,24,25,30,32,33)/b26-15-/t16-,20+/m1/s1. The van der Waals surface area contributed by atoms with Crippen LogP contribution in [-0.4, -0.2) is 68.5 Å². The van der Waals surface area contributed by atoms with Crippen LogP contribution in [0.25, 0.3) is 5.65 Å². The lowest BCUT2D eigenvalue weighted by atomic mass is 10.0. The normalized spacial score (nSPS) is 19.6. The Hall–Kier alpha value is -3.56. The zero-order valence-corrected chi connectivity index (χ0v) is 22.1. The number of hydrogen-bond acceptors (Lipinski definition) is 11. The van der Waals surface area contributed by atoms with E-state index < -0.39 is 29.2 Å². The van der Waals surface area contributed by atoms with Gasteiger partial charge in [-0.3, -0.25) is 14.5 Å². The van der Waals surface area contributed by atoms with Crippen LogP contribution in [0.2, 0.25) is 0 Å². The first kappa shape index (κ1) is 25.1. The number of thiazole rings is 1. The molecule has 1 fully saturated rings. The number of β-lactam (4-membered cyclic amide) rings is 1. The van der Waals surface area contributed by atoms with E-state index in [-0.39, 0.29) is 28.8 Å². The molecule has 0 bridgehead atoms. The number of carbonyl (C=O) groups is 3. The van der Waals surface area contributed by atoms with Crippen molar-refractivity contribution in [3.8, 4) is 0 Å². The van der Waals surface area contributed by atoms with Gasteiger partial charge in [-0.25, -0.2) is 9.55 Å². The molecule has 0 aromatic carbocycles. The summed E-state index contributed by atoms with van der Waals surface area (Å²) in [5.74, 6) is -2.32. The summed E-state index contributed by atoms with van der Waals surface area (Å²) in [4.78, 5) is 48.1. The zero-order chi connectivity index (χ0) is 26.3. The van der Waals surface area contributed by atoms with Gasteiger partial charge in [-0.05, 0) is 18.4 Å². The number of aromatic nitrogens is 3. The van der Waals surface area contributed by atoms with Crippen molar-refractivity contribution in [1.82, 2.24) is 19.8 Å². The van der Waals surface area contributed by atoms with Crippen LogP contribution in [0.5, 0.6) is 0 Å². The number of hydrogen-bond donors (Lipinski definition) is 2. The number of fused-ring (bicyclic) bond motifs is 2. The molecule has 5 rings (SSSR count). The number of amides is 2. The highest BCUT2D eigenvalue weighted by molar-refractivity contribution is 8.00. The molecule has 37 heavy (non-hydrogen) atoms. The van der Waals surface area contributed by atoms with Gasteiger partial charge >= 0.3 is 0 Å². The van der Waals surface area contributed by atoms with Crippen molar-refractivity contribution < 1.29 is 28.7 Å². The Bertz CT molecular complexity index is 1480. The van der Waals surface area contributed by atoms with Crippen LogP contribution in [0.4, 0.5) is 5.13 Å². The first-order valence-electron chi connectivity index (χ1n) is 10.9. The van der Waals surface area contributed by atoms with Crippen molar-refractivity contribution >= 4 is 69.1 Å². The van der Waals surface area contributed by atoms with Crippen LogP contribution in [0.1, 0.15) is 5.69 Å². The van der Waals surface area contributed by atoms with Gasteiger partial charge in [0.25, 0.3) is 17.5 Å². The van der Waals surface area contributed by atoms with E-state index in [1.54, 1.807) is 17.1 Å². The van der Waals surface area contributed by atoms with E-state index >= 15 is 0 Å². The molecule has 2 atom stereocenters. The van der Waals surface area contributed by atoms with Crippen molar-refractivity contribution in [1.29, 1.82) is 0 Å². The molecule has 0 saturated carbocycles. The third kappa shape index (κ3) is 4.42. The summed E-state index contributed by atoms with van der Waals surface area (Å²) in [5.41, 5.74) is 7.00. The Morgan fingerprint density at radius 3 is 2.92 bits per heavy atom. The van der Waals surface area contributed by atoms with Crippen LogP contribution in [0, 0.1) is 0 Å². The SMILES string of the molecule is CO/N=C(\C(=O)N[C@@H]1C(=O)N2C(C(=O)[O-])=C(Cn3cc[n+]4c(SC)cccc34)CS[C@@H]12)c1csc(N)n1. The smallest absolute Gasteiger partial charge is 0.287 e. The van der Waals surface area contributed by atoms with Crippen molar-refractivity contribution in [2.75, 3.05) is 24.9 Å². The number of nitrogen functional groups attached to an aromatic ring is 1. The lowest BCUT2D eigenvalue weighted by Gasteiger charge is -2.50. The lowest BCUT2D eigenvalue weighted by molar-refractivity contribution is -0.554. The van der Waals surface area contributed by atoms with Gasteiger partial charge in [-0.1, -0.05) is 16.9 Å². The summed E-state index contributed by atoms with van der Waals surface area (Å²) in [6.45, 7) is 0.272. The topological polar surface area (TPSA) is 159 Å². The summed E-state index contributed by atoms with van der Waals surface area (Å²) < 4.78 is 3.94. The Morgan fingerprint density at radius 1 is 1.43 bits per heavy atom. The largest absolute Gasteiger partial charge is 0.543 e. The van der Waals surface area contributed by atoms with Gasteiger partial charge in [0.1, 0.15) is 43.2 Å². The van der Waals surface area contributed by atoms with Gasteiger partial charge in [0.15, 0.2) is 15.9 Å². The van der Waals surface area contributed by atoms with Crippen LogP contribution in [0.3, 0.4) is 0 Å². The summed E-state index contributed by atoms with van der Waals surface area (Å²) in [6, 6.07) is 4.92. The maximum atomic E-state index is 13.1. The number of aliphatic carboxylic acids is 1. The molecule has 15 heteroatoms. The number of carboxylic acid groups (broad SMARTS) is 1. The Kier molecular flexibility index (Phi) is 6.83. The predicted octanol–water partition coefficient (Wildman–Crippen LogP) is -0.558. The minimum atomic E-state index is -1.44. The Balaban J connectivity index is 1.38. The molecule has 2 amide bonds. The fraction of sp³-hybridized carbons (Fsp3) is 0.273. The van der Waals surface area contributed by atoms with Gasteiger partial charge in [0.2, 0.25) is 0 Å². The summed E-state index contributed by atoms with van der Waals surface area (Å²) >= 11 is 4.10. The first-order valence-corrected chi connectivity index (χ1v) is 14.0. The third-order valence-corrected chi connectivity index (χ3v) is 8.68. The molecule has 0 unspecified atom stereocenters. The molecule has 0 spiro atoms. The van der Waals surface area contributed by atoms with Gasteiger partial charge in [0.05, 0.1) is 11.7 Å². The molecule has 2 aliphatic heterocycles. The number of imidazole rings is 1. The second-order valence-electron chi connectivity index (χ2n) is 8.02. The molecule has 0 radical (unpaired) electrons. The summed E-state index contributed by atoms with van der Waals surface area (Å²) in [7, 11) is 1.28. The molecule has 12 nitrogen and oxygen atoms in total. The fourth-order valence-corrected chi connectivity index (χ4v) is 6.75. The maximum Gasteiger partial charge on any atom is 0.287 e. The molecule has 3 aromatic rings. The van der Waals surface area contributed by atoms with Crippen molar-refractivity contribution in [2.24, 2.45) is 5.16 Å². The number of nitrogens with two attached hydrogens (primary N) is 1. The van der Waals surface area contributed by atoms with E-state index in [2.05, 4.69) is 15.5 Å². The van der Waals surface area contributed by atoms with Crippen LogP contribution in [-0.2, 0) is 25.8 Å². The van der Waals surface area contributed by atoms with E-state index in [1.165, 1.54) is 23.8 Å². The molecular formula is C22H21N7O5S3. The quantitative estimate of drug-likeness (QED) is 0.121. The number of nitrogens with zero attached hydrogens (tertiary/aromatic N) is 5. The van der Waals surface area contributed by atoms with Gasteiger partial charge in [-0.2, -0.15) is 4.40 Å². The van der Waals surface area contributed by atoms with Crippen molar-refractivity contribution in [3.05, 3.63) is 52.9 Å². The monoisotopic (exact) mass is 559 g/mol. The number of pyridine rings is 1. The maximum absolute atomic E-state index is 13.1. The Morgan fingerprint density at radius 2 is 2.24 bits per heavy atom. The third-order valence-electron chi connectivity index (χ3n) is 5.92. The number of oxime groups is 1. The molecule has 5 heterocycles. The van der Waals surface area contributed by atoms with Crippen LogP contribution >= 0.6 is 34.9 Å². The highest BCUT2D eigenvalue weighted by atomic mass is 32.2. The van der Waals surface area contributed by atoms with E-state index in [4.69, 9.17) is 10.6 Å². The summed E-state index contributed by atoms with van der Waals surface area (Å²) in [6.07, 6.45) is 5.76. The number of thioether (sulfide) groups is 2. The van der Waals surface area contributed by atoms with E-state index in [1.807, 2.05) is 45.8 Å². The second kappa shape index (κ2) is 10.1. The van der Waals surface area contributed by atoms with Gasteiger partial charge in [-0.15, -0.1) is 23.1 Å². The molecule has 192 valence electrons. The molecule has 3 N–H and O–H groups in total. The minimum absolute atomic E-state index is 0.138. The number of carbonyl (C=O) groups excluding carboxylic acids is 3. The fourth-order valence-electron chi connectivity index (χ4n) is 4.30. The Labute approximate surface area is 223 Å². The van der Waals surface area contributed by atoms with Gasteiger partial charge < -0.3 is 25.8 Å². The van der Waals surface area contributed by atoms with Crippen molar-refractivity contribution in [2.45, 2.75) is 23.0 Å². The van der Waals surface area contributed by atoms with Gasteiger partial charge in [0, 0.05) is 22.8 Å². The highest BCUT2D eigenvalue weighted by Crippen LogP contribution is 2.40. The predicted molar refractivity (Wildman–Crippen MR) is 137 cm³/mol. The van der Waals surface area contributed by atoms with E-state index in [9.17, 15) is 19.5 Å². The highest BCUT2D eigenvalue weighted by Gasteiger charge is 2.53. The number of nitrogens with one attached hydrogen (secondary N) is 1. The second-order valence-corrected chi connectivity index (χ2v) is 10.8. The zero-order valence-electron chi connectivity index (χ0n) is 19.6. The lowest BCUT2D eigenvalue weighted by Crippen LogP contribution is -2.71. The number of anilines is 1. The van der Waals surface area contributed by atoms with Crippen molar-refractivity contribution in [3.63, 3.8) is 0 Å². The molecular weight excluding hydrogens is 538 g/mol. The number of rotatable bonds is 8. The first-order chi connectivity index (χ1) is 17.8.